The average Bonchev–Trinajstić information content (AvgIpc) is 2.92. The molecule has 0 aliphatic rings. The maximum atomic E-state index is 5.31. The van der Waals surface area contributed by atoms with Crippen LogP contribution >= 0.6 is 0 Å². The van der Waals surface area contributed by atoms with Crippen molar-refractivity contribution in [3.8, 4) is 11.4 Å². The number of ether oxygens (including phenoxy) is 2. The Bertz CT molecular complexity index is 514. The van der Waals surface area contributed by atoms with Gasteiger partial charge in [-0.15, -0.1) is 5.10 Å². The Labute approximate surface area is 111 Å². The number of hydrogen-bond donors (Lipinski definition) is 1. The first kappa shape index (κ1) is 13.4. The Morgan fingerprint density at radius 2 is 2.11 bits per heavy atom. The summed E-state index contributed by atoms with van der Waals surface area (Å²) in [5.41, 5.74) is 0.818. The van der Waals surface area contributed by atoms with Gasteiger partial charge in [0.05, 0.1) is 20.3 Å². The van der Waals surface area contributed by atoms with E-state index < -0.39 is 0 Å². The largest absolute Gasteiger partial charge is 0.494 e. The standard InChI is InChI=1S/C12H17N5O2/c1-18-8-7-13-9-12-14-15-16-17(12)10-5-3-4-6-11(10)19-2/h3-6,13H,7-9H2,1-2H3. The molecule has 2 rings (SSSR count). The van der Waals surface area contributed by atoms with E-state index in [9.17, 15) is 0 Å². The molecule has 102 valence electrons. The van der Waals surface area contributed by atoms with Crippen molar-refractivity contribution >= 4 is 0 Å². The van der Waals surface area contributed by atoms with Crippen LogP contribution in [-0.4, -0.2) is 47.6 Å². The summed E-state index contributed by atoms with van der Waals surface area (Å²) in [7, 11) is 3.29. The summed E-state index contributed by atoms with van der Waals surface area (Å²) in [4.78, 5) is 0. The second-order valence-corrected chi connectivity index (χ2v) is 3.85. The fraction of sp³-hybridized carbons (Fsp3) is 0.417. The van der Waals surface area contributed by atoms with Gasteiger partial charge in [-0.25, -0.2) is 0 Å². The van der Waals surface area contributed by atoms with E-state index in [0.717, 1.165) is 23.8 Å². The van der Waals surface area contributed by atoms with Gasteiger partial charge in [0.25, 0.3) is 0 Å². The van der Waals surface area contributed by atoms with Gasteiger partial charge in [0.2, 0.25) is 0 Å². The lowest BCUT2D eigenvalue weighted by atomic mass is 10.3. The van der Waals surface area contributed by atoms with E-state index in [-0.39, 0.29) is 0 Å². The lowest BCUT2D eigenvalue weighted by Gasteiger charge is -2.09. The lowest BCUT2D eigenvalue weighted by Crippen LogP contribution is -2.21. The van der Waals surface area contributed by atoms with Crippen molar-refractivity contribution in [3.05, 3.63) is 30.1 Å². The highest BCUT2D eigenvalue weighted by molar-refractivity contribution is 5.46. The summed E-state index contributed by atoms with van der Waals surface area (Å²) in [6.07, 6.45) is 0. The highest BCUT2D eigenvalue weighted by Crippen LogP contribution is 2.21. The van der Waals surface area contributed by atoms with E-state index >= 15 is 0 Å². The number of para-hydroxylation sites is 2. The molecule has 0 radical (unpaired) electrons. The minimum Gasteiger partial charge on any atom is -0.494 e. The maximum Gasteiger partial charge on any atom is 0.170 e. The van der Waals surface area contributed by atoms with Gasteiger partial charge in [0.1, 0.15) is 11.4 Å². The van der Waals surface area contributed by atoms with Gasteiger partial charge in [-0.1, -0.05) is 12.1 Å². The highest BCUT2D eigenvalue weighted by Gasteiger charge is 2.11. The molecule has 0 saturated heterocycles. The maximum absolute atomic E-state index is 5.31. The first-order chi connectivity index (χ1) is 9.36. The van der Waals surface area contributed by atoms with Crippen molar-refractivity contribution in [3.63, 3.8) is 0 Å². The number of rotatable bonds is 7. The SMILES string of the molecule is COCCNCc1nnnn1-c1ccccc1OC. The second kappa shape index (κ2) is 6.81. The summed E-state index contributed by atoms with van der Waals surface area (Å²) < 4.78 is 11.9. The number of methoxy groups -OCH3 is 2. The van der Waals surface area contributed by atoms with Crippen molar-refractivity contribution in [2.75, 3.05) is 27.4 Å². The normalized spacial score (nSPS) is 10.6. The third kappa shape index (κ3) is 3.27. The van der Waals surface area contributed by atoms with Gasteiger partial charge in [-0.2, -0.15) is 4.68 Å². The fourth-order valence-corrected chi connectivity index (χ4v) is 1.68. The van der Waals surface area contributed by atoms with E-state index in [1.54, 1.807) is 18.9 Å². The van der Waals surface area contributed by atoms with Gasteiger partial charge in [0.15, 0.2) is 5.82 Å². The summed E-state index contributed by atoms with van der Waals surface area (Å²) in [5.74, 6) is 1.45. The second-order valence-electron chi connectivity index (χ2n) is 3.85. The number of nitrogens with one attached hydrogen (secondary N) is 1. The Balaban J connectivity index is 2.14. The van der Waals surface area contributed by atoms with E-state index in [1.165, 1.54) is 0 Å². The molecule has 0 aliphatic carbocycles. The van der Waals surface area contributed by atoms with Gasteiger partial charge < -0.3 is 14.8 Å². The number of tetrazole rings is 1. The number of hydrogen-bond acceptors (Lipinski definition) is 6. The molecule has 1 aromatic heterocycles. The summed E-state index contributed by atoms with van der Waals surface area (Å²) >= 11 is 0. The van der Waals surface area contributed by atoms with Crippen molar-refractivity contribution in [2.24, 2.45) is 0 Å². The number of aromatic nitrogens is 4. The zero-order chi connectivity index (χ0) is 13.5. The van der Waals surface area contributed by atoms with Crippen LogP contribution in [0.25, 0.3) is 5.69 Å². The van der Waals surface area contributed by atoms with Gasteiger partial charge in [0, 0.05) is 13.7 Å². The van der Waals surface area contributed by atoms with Crippen molar-refractivity contribution in [1.82, 2.24) is 25.5 Å². The molecule has 1 aromatic carbocycles. The fourth-order valence-electron chi connectivity index (χ4n) is 1.68. The quantitative estimate of drug-likeness (QED) is 0.729. The van der Waals surface area contributed by atoms with Crippen LogP contribution in [0.1, 0.15) is 5.82 Å². The molecular formula is C12H17N5O2. The van der Waals surface area contributed by atoms with Gasteiger partial charge in [-0.05, 0) is 22.6 Å². The van der Waals surface area contributed by atoms with Crippen LogP contribution in [0.3, 0.4) is 0 Å². The molecule has 1 N–H and O–H groups in total. The average molecular weight is 263 g/mol. The molecule has 0 atom stereocenters. The molecule has 2 aromatic rings. The smallest absolute Gasteiger partial charge is 0.170 e. The Morgan fingerprint density at radius 1 is 1.26 bits per heavy atom. The van der Waals surface area contributed by atoms with Gasteiger partial charge >= 0.3 is 0 Å². The molecule has 0 fully saturated rings. The zero-order valence-electron chi connectivity index (χ0n) is 11.0. The Morgan fingerprint density at radius 3 is 2.89 bits per heavy atom. The summed E-state index contributed by atoms with van der Waals surface area (Å²) in [5, 5.41) is 14.9. The highest BCUT2D eigenvalue weighted by atomic mass is 16.5. The molecule has 7 nitrogen and oxygen atoms in total. The van der Waals surface area contributed by atoms with Crippen LogP contribution in [0, 0.1) is 0 Å². The summed E-state index contributed by atoms with van der Waals surface area (Å²) in [6, 6.07) is 7.61. The number of nitrogens with zero attached hydrogens (tertiary/aromatic N) is 4. The zero-order valence-corrected chi connectivity index (χ0v) is 11.0. The molecule has 7 heteroatoms. The molecule has 1 heterocycles. The molecule has 0 amide bonds. The molecule has 19 heavy (non-hydrogen) atoms. The van der Waals surface area contributed by atoms with Crippen molar-refractivity contribution in [2.45, 2.75) is 6.54 Å². The third-order valence-electron chi connectivity index (χ3n) is 2.61. The molecule has 0 saturated carbocycles. The predicted molar refractivity (Wildman–Crippen MR) is 69.3 cm³/mol. The minimum absolute atomic E-state index is 0.564. The Kier molecular flexibility index (Phi) is 4.82. The van der Waals surface area contributed by atoms with Crippen LogP contribution in [0.15, 0.2) is 24.3 Å². The monoisotopic (exact) mass is 263 g/mol. The summed E-state index contributed by atoms with van der Waals surface area (Å²) in [6.45, 7) is 1.96. The first-order valence-electron chi connectivity index (χ1n) is 5.97. The molecule has 0 bridgehead atoms. The van der Waals surface area contributed by atoms with E-state index in [1.807, 2.05) is 24.3 Å². The molecule has 0 aliphatic heterocycles. The predicted octanol–water partition coefficient (Wildman–Crippen LogP) is 0.407. The van der Waals surface area contributed by atoms with Crippen molar-refractivity contribution < 1.29 is 9.47 Å². The van der Waals surface area contributed by atoms with Crippen molar-refractivity contribution in [1.29, 1.82) is 0 Å². The Hall–Kier alpha value is -1.99. The first-order valence-corrected chi connectivity index (χ1v) is 5.97. The van der Waals surface area contributed by atoms with Crippen LogP contribution in [0.5, 0.6) is 5.75 Å². The molecule has 0 unspecified atom stereocenters. The molecule has 0 spiro atoms. The minimum atomic E-state index is 0.564. The van der Waals surface area contributed by atoms with Crippen LogP contribution in [0.2, 0.25) is 0 Å². The third-order valence-corrected chi connectivity index (χ3v) is 2.61. The lowest BCUT2D eigenvalue weighted by molar-refractivity contribution is 0.199. The van der Waals surface area contributed by atoms with Gasteiger partial charge in [-0.3, -0.25) is 0 Å². The number of benzene rings is 1. The van der Waals surface area contributed by atoms with E-state index in [0.29, 0.717) is 13.2 Å². The van der Waals surface area contributed by atoms with Crippen LogP contribution in [0.4, 0.5) is 0 Å². The van der Waals surface area contributed by atoms with E-state index in [2.05, 4.69) is 20.8 Å². The van der Waals surface area contributed by atoms with E-state index in [4.69, 9.17) is 9.47 Å². The molecular weight excluding hydrogens is 246 g/mol. The topological polar surface area (TPSA) is 74.1 Å². The van der Waals surface area contributed by atoms with Crippen LogP contribution in [-0.2, 0) is 11.3 Å². The van der Waals surface area contributed by atoms with Crippen LogP contribution < -0.4 is 10.1 Å².